The van der Waals surface area contributed by atoms with Gasteiger partial charge in [-0.1, -0.05) is 0 Å². The van der Waals surface area contributed by atoms with Gasteiger partial charge in [0.2, 0.25) is 11.8 Å². The van der Waals surface area contributed by atoms with Crippen LogP contribution in [-0.2, 0) is 16.1 Å². The molecular formula is C15H22N2O2S. The molecule has 4 nitrogen and oxygen atoms in total. The molecule has 0 spiro atoms. The van der Waals surface area contributed by atoms with Crippen molar-refractivity contribution >= 4 is 23.2 Å². The quantitative estimate of drug-likeness (QED) is 0.926. The summed E-state index contributed by atoms with van der Waals surface area (Å²) < 4.78 is 0. The average Bonchev–Trinajstić information content (AvgIpc) is 2.81. The van der Waals surface area contributed by atoms with Crippen LogP contribution >= 0.6 is 11.3 Å². The second-order valence-corrected chi connectivity index (χ2v) is 6.98. The van der Waals surface area contributed by atoms with E-state index in [4.69, 9.17) is 0 Å². The fourth-order valence-electron chi connectivity index (χ4n) is 2.43. The lowest BCUT2D eigenvalue weighted by atomic mass is 9.97. The lowest BCUT2D eigenvalue weighted by Crippen LogP contribution is -2.46. The Kier molecular flexibility index (Phi) is 4.81. The van der Waals surface area contributed by atoms with Crippen LogP contribution in [0.5, 0.6) is 0 Å². The third-order valence-electron chi connectivity index (χ3n) is 3.64. The minimum atomic E-state index is -0.0730. The molecule has 1 aromatic heterocycles. The summed E-state index contributed by atoms with van der Waals surface area (Å²) in [6, 6.07) is 4.34. The van der Waals surface area contributed by atoms with Crippen molar-refractivity contribution < 1.29 is 9.59 Å². The van der Waals surface area contributed by atoms with E-state index >= 15 is 0 Å². The first-order chi connectivity index (χ1) is 9.47. The minimum absolute atomic E-state index is 0.0547. The van der Waals surface area contributed by atoms with Crippen LogP contribution in [0.4, 0.5) is 0 Å². The number of nitrogens with zero attached hydrogens (tertiary/aromatic N) is 1. The molecule has 1 fully saturated rings. The highest BCUT2D eigenvalue weighted by molar-refractivity contribution is 7.11. The summed E-state index contributed by atoms with van der Waals surface area (Å²) in [5.74, 6) is 0.140. The van der Waals surface area contributed by atoms with Gasteiger partial charge in [-0.05, 0) is 39.3 Å². The van der Waals surface area contributed by atoms with Gasteiger partial charge in [0.1, 0.15) is 0 Å². The summed E-state index contributed by atoms with van der Waals surface area (Å²) in [7, 11) is 0. The van der Waals surface area contributed by atoms with Crippen LogP contribution < -0.4 is 5.32 Å². The van der Waals surface area contributed by atoms with Gasteiger partial charge in [-0.2, -0.15) is 0 Å². The monoisotopic (exact) mass is 294 g/mol. The van der Waals surface area contributed by atoms with Crippen LogP contribution in [0.15, 0.2) is 12.1 Å². The molecule has 2 heterocycles. The molecule has 0 radical (unpaired) electrons. The van der Waals surface area contributed by atoms with Gasteiger partial charge in [-0.25, -0.2) is 0 Å². The van der Waals surface area contributed by atoms with E-state index in [1.165, 1.54) is 9.75 Å². The van der Waals surface area contributed by atoms with Gasteiger partial charge >= 0.3 is 0 Å². The molecule has 1 aromatic rings. The van der Waals surface area contributed by atoms with Crippen LogP contribution in [0.3, 0.4) is 0 Å². The Labute approximate surface area is 124 Å². The molecule has 1 aliphatic heterocycles. The normalized spacial score (nSPS) is 19.0. The van der Waals surface area contributed by atoms with Crippen molar-refractivity contribution in [2.45, 2.75) is 46.2 Å². The first kappa shape index (κ1) is 15.0. The van der Waals surface area contributed by atoms with Crippen molar-refractivity contribution in [3.05, 3.63) is 21.9 Å². The molecular weight excluding hydrogens is 272 g/mol. The summed E-state index contributed by atoms with van der Waals surface area (Å²) in [6.07, 6.45) is 1.12. The summed E-state index contributed by atoms with van der Waals surface area (Å²) in [5.41, 5.74) is 0. The maximum Gasteiger partial charge on any atom is 0.228 e. The van der Waals surface area contributed by atoms with Gasteiger partial charge in [0.25, 0.3) is 0 Å². The van der Waals surface area contributed by atoms with E-state index in [-0.39, 0.29) is 23.8 Å². The standard InChI is InChI=1S/C15H22N2O2S/c1-10(2)17(9-13-6-4-11(3)20-13)15(19)12-5-7-14(18)16-8-12/h4,6,10,12H,5,7-9H2,1-3H3,(H,16,18)/t12-/m0/s1. The number of carbonyl (C=O) groups is 2. The zero-order valence-corrected chi connectivity index (χ0v) is 13.1. The first-order valence-corrected chi connectivity index (χ1v) is 7.91. The highest BCUT2D eigenvalue weighted by atomic mass is 32.1. The predicted octanol–water partition coefficient (Wildman–Crippen LogP) is 2.32. The maximum atomic E-state index is 12.6. The largest absolute Gasteiger partial charge is 0.355 e. The fourth-order valence-corrected chi connectivity index (χ4v) is 3.32. The van der Waals surface area contributed by atoms with E-state index in [1.54, 1.807) is 11.3 Å². The average molecular weight is 294 g/mol. The second-order valence-electron chi connectivity index (χ2n) is 5.61. The van der Waals surface area contributed by atoms with Gasteiger partial charge in [-0.15, -0.1) is 11.3 Å². The fraction of sp³-hybridized carbons (Fsp3) is 0.600. The van der Waals surface area contributed by atoms with Crippen molar-refractivity contribution in [3.63, 3.8) is 0 Å². The molecule has 1 aliphatic rings. The summed E-state index contributed by atoms with van der Waals surface area (Å²) >= 11 is 1.73. The van der Waals surface area contributed by atoms with E-state index < -0.39 is 0 Å². The van der Waals surface area contributed by atoms with Crippen molar-refractivity contribution in [2.75, 3.05) is 6.54 Å². The number of amides is 2. The number of piperidine rings is 1. The predicted molar refractivity (Wildman–Crippen MR) is 80.5 cm³/mol. The van der Waals surface area contributed by atoms with Gasteiger partial charge in [0.15, 0.2) is 0 Å². The molecule has 0 aliphatic carbocycles. The van der Waals surface area contributed by atoms with Crippen LogP contribution in [0, 0.1) is 12.8 Å². The van der Waals surface area contributed by atoms with Gasteiger partial charge < -0.3 is 10.2 Å². The minimum Gasteiger partial charge on any atom is -0.355 e. The smallest absolute Gasteiger partial charge is 0.228 e. The van der Waals surface area contributed by atoms with E-state index in [0.717, 1.165) is 0 Å². The summed E-state index contributed by atoms with van der Waals surface area (Å²) in [4.78, 5) is 28.2. The van der Waals surface area contributed by atoms with E-state index in [9.17, 15) is 9.59 Å². The lowest BCUT2D eigenvalue weighted by molar-refractivity contribution is -0.139. The molecule has 1 N–H and O–H groups in total. The Hall–Kier alpha value is -1.36. The molecule has 5 heteroatoms. The molecule has 1 saturated heterocycles. The molecule has 2 rings (SSSR count). The second kappa shape index (κ2) is 6.39. The molecule has 0 bridgehead atoms. The molecule has 20 heavy (non-hydrogen) atoms. The lowest BCUT2D eigenvalue weighted by Gasteiger charge is -2.32. The summed E-state index contributed by atoms with van der Waals surface area (Å²) in [5, 5.41) is 2.79. The maximum absolute atomic E-state index is 12.6. The highest BCUT2D eigenvalue weighted by Gasteiger charge is 2.29. The Morgan fingerprint density at radius 3 is 2.75 bits per heavy atom. The molecule has 0 aromatic carbocycles. The third-order valence-corrected chi connectivity index (χ3v) is 4.63. The Bertz CT molecular complexity index is 486. The Morgan fingerprint density at radius 2 is 2.25 bits per heavy atom. The number of nitrogens with one attached hydrogen (secondary N) is 1. The SMILES string of the molecule is Cc1ccc(CN(C(=O)[C@H]2CCC(=O)NC2)C(C)C)s1. The van der Waals surface area contributed by atoms with Crippen LogP contribution in [0.2, 0.25) is 0 Å². The van der Waals surface area contributed by atoms with Crippen LogP contribution in [0.1, 0.15) is 36.4 Å². The molecule has 0 unspecified atom stereocenters. The van der Waals surface area contributed by atoms with Crippen molar-refractivity contribution in [2.24, 2.45) is 5.92 Å². The molecule has 1 atom stereocenters. The molecule has 110 valence electrons. The topological polar surface area (TPSA) is 49.4 Å². The number of rotatable bonds is 4. The van der Waals surface area contributed by atoms with Crippen LogP contribution in [-0.4, -0.2) is 29.3 Å². The first-order valence-electron chi connectivity index (χ1n) is 7.10. The Balaban J connectivity index is 2.04. The van der Waals surface area contributed by atoms with Gasteiger partial charge in [0, 0.05) is 28.8 Å². The number of aryl methyl sites for hydroxylation is 1. The Morgan fingerprint density at radius 1 is 1.50 bits per heavy atom. The number of hydrogen-bond acceptors (Lipinski definition) is 3. The number of carbonyl (C=O) groups excluding carboxylic acids is 2. The number of thiophene rings is 1. The van der Waals surface area contributed by atoms with Crippen molar-refractivity contribution in [1.82, 2.24) is 10.2 Å². The molecule has 2 amide bonds. The van der Waals surface area contributed by atoms with Crippen molar-refractivity contribution in [1.29, 1.82) is 0 Å². The van der Waals surface area contributed by atoms with Gasteiger partial charge in [-0.3, -0.25) is 9.59 Å². The zero-order valence-electron chi connectivity index (χ0n) is 12.3. The van der Waals surface area contributed by atoms with Gasteiger partial charge in [0.05, 0.1) is 12.5 Å². The third kappa shape index (κ3) is 3.60. The summed E-state index contributed by atoms with van der Waals surface area (Å²) in [6.45, 7) is 7.30. The zero-order chi connectivity index (χ0) is 14.7. The number of hydrogen-bond donors (Lipinski definition) is 1. The van der Waals surface area contributed by atoms with Crippen LogP contribution in [0.25, 0.3) is 0 Å². The van der Waals surface area contributed by atoms with Crippen molar-refractivity contribution in [3.8, 4) is 0 Å². The van der Waals surface area contributed by atoms with E-state index in [0.29, 0.717) is 25.9 Å². The molecule has 0 saturated carbocycles. The van der Waals surface area contributed by atoms with E-state index in [1.807, 2.05) is 18.7 Å². The van der Waals surface area contributed by atoms with E-state index in [2.05, 4.69) is 24.4 Å². The highest BCUT2D eigenvalue weighted by Crippen LogP contribution is 2.21.